The zero-order chi connectivity index (χ0) is 22.2. The highest BCUT2D eigenvalue weighted by Crippen LogP contribution is 2.34. The Balaban J connectivity index is 1.33. The molecule has 1 atom stereocenters. The second-order valence-electron chi connectivity index (χ2n) is 10.6. The predicted octanol–water partition coefficient (Wildman–Crippen LogP) is 5.91. The first-order valence-electron chi connectivity index (χ1n) is 13.4. The highest BCUT2D eigenvalue weighted by atomic mass is 16.5. The van der Waals surface area contributed by atoms with E-state index < -0.39 is 0 Å². The molecule has 2 saturated carbocycles. The smallest absolute Gasteiger partial charge is 0.223 e. The number of carbonyl (C=O) groups is 1. The third-order valence-electron chi connectivity index (χ3n) is 8.31. The average Bonchev–Trinajstić information content (AvgIpc) is 2.85. The molecule has 2 aliphatic carbocycles. The van der Waals surface area contributed by atoms with Crippen LogP contribution in [0, 0.1) is 11.8 Å². The monoisotopic (exact) mass is 440 g/mol. The Kier molecular flexibility index (Phi) is 8.90. The van der Waals surface area contributed by atoms with Gasteiger partial charge >= 0.3 is 0 Å². The first-order valence-corrected chi connectivity index (χ1v) is 13.4. The third kappa shape index (κ3) is 6.50. The minimum atomic E-state index is 0.258. The van der Waals surface area contributed by atoms with Gasteiger partial charge in [0, 0.05) is 18.5 Å². The number of para-hydroxylation sites is 1. The number of nitrogens with one attached hydrogen (secondary N) is 1. The van der Waals surface area contributed by atoms with Gasteiger partial charge in [-0.15, -0.1) is 0 Å². The number of hydrogen-bond acceptors (Lipinski definition) is 3. The second kappa shape index (κ2) is 12.1. The van der Waals surface area contributed by atoms with Gasteiger partial charge < -0.3 is 15.0 Å². The summed E-state index contributed by atoms with van der Waals surface area (Å²) in [5, 5.41) is 3.54. The van der Waals surface area contributed by atoms with Crippen LogP contribution in [0.5, 0.6) is 5.75 Å². The van der Waals surface area contributed by atoms with E-state index in [9.17, 15) is 4.79 Å². The van der Waals surface area contributed by atoms with Crippen molar-refractivity contribution in [3.8, 4) is 5.75 Å². The molecule has 1 aromatic rings. The number of methoxy groups -OCH3 is 1. The zero-order valence-electron chi connectivity index (χ0n) is 20.2. The molecule has 1 aromatic carbocycles. The molecule has 0 unspecified atom stereocenters. The van der Waals surface area contributed by atoms with Crippen molar-refractivity contribution in [3.05, 3.63) is 29.8 Å². The van der Waals surface area contributed by atoms with E-state index in [4.69, 9.17) is 4.74 Å². The standard InChI is InChI=1S/C28H44N2O2/c1-32-27-15-9-8-14-26(27)23-16-18-30(19-17-23)21-25(20-22-10-4-2-5-11-22)29-28(31)24-12-6-3-7-13-24/h8-9,14-15,22-25H,2-7,10-13,16-21H2,1H3,(H,29,31)/t25-/m1/s1. The molecule has 178 valence electrons. The van der Waals surface area contributed by atoms with Crippen LogP contribution in [0.3, 0.4) is 0 Å². The number of benzene rings is 1. The van der Waals surface area contributed by atoms with Gasteiger partial charge in [-0.05, 0) is 68.7 Å². The first kappa shape index (κ1) is 23.6. The van der Waals surface area contributed by atoms with Crippen LogP contribution >= 0.6 is 0 Å². The Morgan fingerprint density at radius 3 is 2.31 bits per heavy atom. The Hall–Kier alpha value is -1.55. The van der Waals surface area contributed by atoms with Crippen LogP contribution in [0.25, 0.3) is 0 Å². The zero-order valence-corrected chi connectivity index (χ0v) is 20.2. The number of rotatable bonds is 8. The van der Waals surface area contributed by atoms with Crippen molar-refractivity contribution in [1.82, 2.24) is 10.2 Å². The number of nitrogens with zero attached hydrogens (tertiary/aromatic N) is 1. The Morgan fingerprint density at radius 2 is 1.62 bits per heavy atom. The molecule has 1 amide bonds. The molecule has 0 spiro atoms. The van der Waals surface area contributed by atoms with Crippen molar-refractivity contribution in [1.29, 1.82) is 0 Å². The van der Waals surface area contributed by atoms with Gasteiger partial charge in [-0.25, -0.2) is 0 Å². The summed E-state index contributed by atoms with van der Waals surface area (Å²) in [4.78, 5) is 15.7. The van der Waals surface area contributed by atoms with Crippen molar-refractivity contribution >= 4 is 5.91 Å². The van der Waals surface area contributed by atoms with Gasteiger partial charge in [0.1, 0.15) is 5.75 Å². The summed E-state index contributed by atoms with van der Waals surface area (Å²) in [7, 11) is 1.78. The topological polar surface area (TPSA) is 41.6 Å². The lowest BCUT2D eigenvalue weighted by molar-refractivity contribution is -0.127. The summed E-state index contributed by atoms with van der Waals surface area (Å²) < 4.78 is 5.61. The van der Waals surface area contributed by atoms with Crippen LogP contribution in [-0.4, -0.2) is 43.6 Å². The molecule has 0 bridgehead atoms. The van der Waals surface area contributed by atoms with Crippen LogP contribution < -0.4 is 10.1 Å². The number of amides is 1. The molecule has 0 radical (unpaired) electrons. The van der Waals surface area contributed by atoms with Crippen LogP contribution in [0.15, 0.2) is 24.3 Å². The van der Waals surface area contributed by atoms with Gasteiger partial charge in [0.05, 0.1) is 7.11 Å². The fourth-order valence-electron chi connectivity index (χ4n) is 6.43. The molecule has 3 fully saturated rings. The van der Waals surface area contributed by atoms with E-state index in [-0.39, 0.29) is 5.92 Å². The third-order valence-corrected chi connectivity index (χ3v) is 8.31. The summed E-state index contributed by atoms with van der Waals surface area (Å²) in [6.07, 6.45) is 16.3. The Bertz CT molecular complexity index is 701. The summed E-state index contributed by atoms with van der Waals surface area (Å²) in [5.74, 6) is 3.01. The van der Waals surface area contributed by atoms with Crippen molar-refractivity contribution in [2.24, 2.45) is 11.8 Å². The minimum Gasteiger partial charge on any atom is -0.496 e. The Morgan fingerprint density at radius 1 is 0.969 bits per heavy atom. The predicted molar refractivity (Wildman–Crippen MR) is 131 cm³/mol. The van der Waals surface area contributed by atoms with E-state index in [1.165, 1.54) is 76.2 Å². The molecule has 1 saturated heterocycles. The second-order valence-corrected chi connectivity index (χ2v) is 10.6. The lowest BCUT2D eigenvalue weighted by Crippen LogP contribution is -2.48. The minimum absolute atomic E-state index is 0.258. The van der Waals surface area contributed by atoms with Crippen molar-refractivity contribution < 1.29 is 9.53 Å². The average molecular weight is 441 g/mol. The molecule has 4 nitrogen and oxygen atoms in total. The molecule has 3 aliphatic rings. The molecule has 0 aromatic heterocycles. The largest absolute Gasteiger partial charge is 0.496 e. The normalized spacial score (nSPS) is 23.0. The molecule has 1 aliphatic heterocycles. The summed E-state index contributed by atoms with van der Waals surface area (Å²) in [6, 6.07) is 8.82. The molecular formula is C28H44N2O2. The van der Waals surface area contributed by atoms with Crippen LogP contribution in [-0.2, 0) is 4.79 Å². The number of piperidine rings is 1. The molecule has 1 heterocycles. The van der Waals surface area contributed by atoms with Gasteiger partial charge in [-0.1, -0.05) is 69.6 Å². The number of carbonyl (C=O) groups excluding carboxylic acids is 1. The van der Waals surface area contributed by atoms with Crippen LogP contribution in [0.2, 0.25) is 0 Å². The van der Waals surface area contributed by atoms with Crippen LogP contribution in [0.4, 0.5) is 0 Å². The van der Waals surface area contributed by atoms with E-state index in [1.54, 1.807) is 7.11 Å². The number of hydrogen-bond donors (Lipinski definition) is 1. The maximum absolute atomic E-state index is 13.1. The number of ether oxygens (including phenoxy) is 1. The molecule has 32 heavy (non-hydrogen) atoms. The molecular weight excluding hydrogens is 396 g/mol. The van der Waals surface area contributed by atoms with E-state index >= 15 is 0 Å². The van der Waals surface area contributed by atoms with Gasteiger partial charge in [0.2, 0.25) is 5.91 Å². The highest BCUT2D eigenvalue weighted by molar-refractivity contribution is 5.79. The first-order chi connectivity index (χ1) is 15.7. The quantitative estimate of drug-likeness (QED) is 0.546. The van der Waals surface area contributed by atoms with E-state index in [0.29, 0.717) is 17.9 Å². The van der Waals surface area contributed by atoms with Gasteiger partial charge in [-0.2, -0.15) is 0 Å². The van der Waals surface area contributed by atoms with Crippen LogP contribution in [0.1, 0.15) is 95.0 Å². The van der Waals surface area contributed by atoms with Gasteiger partial charge in [-0.3, -0.25) is 4.79 Å². The lowest BCUT2D eigenvalue weighted by Gasteiger charge is -2.37. The van der Waals surface area contributed by atoms with Gasteiger partial charge in [0.25, 0.3) is 0 Å². The van der Waals surface area contributed by atoms with Crippen molar-refractivity contribution in [2.45, 2.75) is 95.4 Å². The maximum atomic E-state index is 13.1. The van der Waals surface area contributed by atoms with E-state index in [2.05, 4.69) is 34.5 Å². The molecule has 4 rings (SSSR count). The lowest BCUT2D eigenvalue weighted by atomic mass is 9.83. The van der Waals surface area contributed by atoms with Crippen molar-refractivity contribution in [2.75, 3.05) is 26.7 Å². The maximum Gasteiger partial charge on any atom is 0.223 e. The van der Waals surface area contributed by atoms with E-state index in [1.807, 2.05) is 0 Å². The molecule has 4 heteroatoms. The highest BCUT2D eigenvalue weighted by Gasteiger charge is 2.29. The Labute approximate surface area is 195 Å². The molecule has 1 N–H and O–H groups in total. The summed E-state index contributed by atoms with van der Waals surface area (Å²) in [5.41, 5.74) is 1.36. The van der Waals surface area contributed by atoms with E-state index in [0.717, 1.165) is 44.1 Å². The summed E-state index contributed by atoms with van der Waals surface area (Å²) >= 11 is 0. The van der Waals surface area contributed by atoms with Gasteiger partial charge in [0.15, 0.2) is 0 Å². The summed E-state index contributed by atoms with van der Waals surface area (Å²) in [6.45, 7) is 3.25. The number of likely N-dealkylation sites (tertiary alicyclic amines) is 1. The fourth-order valence-corrected chi connectivity index (χ4v) is 6.43. The van der Waals surface area contributed by atoms with Crippen molar-refractivity contribution in [3.63, 3.8) is 0 Å². The SMILES string of the molecule is COc1ccccc1C1CCN(C[C@@H](CC2CCCCC2)NC(=O)C2CCCCC2)CC1. The fraction of sp³-hybridized carbons (Fsp3) is 0.750.